The molecule has 0 saturated heterocycles. The highest BCUT2D eigenvalue weighted by atomic mass is 16.1. The number of fused-ring (bicyclic) bond motifs is 1. The lowest BCUT2D eigenvalue weighted by Crippen LogP contribution is -2.44. The normalized spacial score (nSPS) is 13.6. The van der Waals surface area contributed by atoms with Crippen molar-refractivity contribution in [1.29, 1.82) is 0 Å². The molecule has 1 atom stereocenters. The third kappa shape index (κ3) is 3.10. The molecule has 0 saturated carbocycles. The number of aryl methyl sites for hydroxylation is 1. The maximum Gasteiger partial charge on any atom is 0.157 e. The Morgan fingerprint density at radius 3 is 2.33 bits per heavy atom. The number of carbonyl (C=O) groups is 1. The van der Waals surface area contributed by atoms with Gasteiger partial charge in [0.1, 0.15) is 5.54 Å². The highest BCUT2D eigenvalue weighted by Crippen LogP contribution is 2.26. The molecule has 0 fully saturated rings. The molecule has 0 radical (unpaired) electrons. The zero-order chi connectivity index (χ0) is 17.0. The van der Waals surface area contributed by atoms with Crippen molar-refractivity contribution in [3.63, 3.8) is 0 Å². The molecule has 2 N–H and O–H groups in total. The van der Waals surface area contributed by atoms with Crippen LogP contribution in [0.5, 0.6) is 0 Å². The highest BCUT2D eigenvalue weighted by molar-refractivity contribution is 5.91. The lowest BCUT2D eigenvalue weighted by atomic mass is 9.82. The van der Waals surface area contributed by atoms with Gasteiger partial charge in [0.25, 0.3) is 0 Å². The fourth-order valence-electron chi connectivity index (χ4n) is 3.28. The summed E-state index contributed by atoms with van der Waals surface area (Å²) in [6.07, 6.45) is 1.77. The molecule has 0 heterocycles. The molecule has 0 aliphatic rings. The molecule has 0 aromatic heterocycles. The second-order valence-electron chi connectivity index (χ2n) is 6.25. The van der Waals surface area contributed by atoms with E-state index < -0.39 is 5.54 Å². The number of Topliss-reactive ketones (excluding diaryl/α,β-unsaturated/α-hetero) is 1. The maximum atomic E-state index is 12.9. The average molecular weight is 317 g/mol. The fraction of sp³-hybridized carbons (Fsp3) is 0.227. The van der Waals surface area contributed by atoms with E-state index in [2.05, 4.69) is 30.3 Å². The molecular formula is C22H23NO. The zero-order valence-electron chi connectivity index (χ0n) is 14.0. The Morgan fingerprint density at radius 2 is 1.58 bits per heavy atom. The minimum Gasteiger partial charge on any atom is -0.315 e. The van der Waals surface area contributed by atoms with Gasteiger partial charge in [-0.25, -0.2) is 0 Å². The van der Waals surface area contributed by atoms with Crippen molar-refractivity contribution in [3.05, 3.63) is 83.9 Å². The van der Waals surface area contributed by atoms with Crippen LogP contribution in [0.15, 0.2) is 72.8 Å². The summed E-state index contributed by atoms with van der Waals surface area (Å²) in [6, 6.07) is 24.2. The predicted octanol–water partition coefficient (Wildman–Crippen LogP) is 4.61. The minimum atomic E-state index is -0.897. The second kappa shape index (κ2) is 6.98. The van der Waals surface area contributed by atoms with E-state index >= 15 is 0 Å². The average Bonchev–Trinajstić information content (AvgIpc) is 2.66. The van der Waals surface area contributed by atoms with Crippen LogP contribution in [0.1, 0.15) is 30.9 Å². The van der Waals surface area contributed by atoms with Crippen molar-refractivity contribution in [1.82, 2.24) is 0 Å². The van der Waals surface area contributed by atoms with Gasteiger partial charge in [-0.1, -0.05) is 79.7 Å². The van der Waals surface area contributed by atoms with Gasteiger partial charge in [0.15, 0.2) is 5.78 Å². The van der Waals surface area contributed by atoms with Gasteiger partial charge in [-0.05, 0) is 34.7 Å². The van der Waals surface area contributed by atoms with Gasteiger partial charge in [0.2, 0.25) is 0 Å². The van der Waals surface area contributed by atoms with Crippen LogP contribution in [0.4, 0.5) is 0 Å². The summed E-state index contributed by atoms with van der Waals surface area (Å²) in [5, 5.41) is 2.42. The summed E-state index contributed by atoms with van der Waals surface area (Å²) in [4.78, 5) is 12.9. The Bertz CT molecular complexity index is 835. The van der Waals surface area contributed by atoms with Gasteiger partial charge in [-0.2, -0.15) is 0 Å². The van der Waals surface area contributed by atoms with Crippen LogP contribution in [0.25, 0.3) is 10.8 Å². The van der Waals surface area contributed by atoms with Crippen LogP contribution in [-0.4, -0.2) is 5.78 Å². The first-order valence-electron chi connectivity index (χ1n) is 8.49. The Morgan fingerprint density at radius 1 is 0.917 bits per heavy atom. The summed E-state index contributed by atoms with van der Waals surface area (Å²) in [5.74, 6) is 0.101. The Labute approximate surface area is 143 Å². The lowest BCUT2D eigenvalue weighted by Gasteiger charge is -2.27. The Kier molecular flexibility index (Phi) is 4.77. The number of rotatable bonds is 6. The molecule has 24 heavy (non-hydrogen) atoms. The van der Waals surface area contributed by atoms with E-state index in [0.717, 1.165) is 5.56 Å². The van der Waals surface area contributed by atoms with Gasteiger partial charge < -0.3 is 5.73 Å². The number of hydrogen-bond acceptors (Lipinski definition) is 2. The van der Waals surface area contributed by atoms with Crippen LogP contribution < -0.4 is 5.73 Å². The smallest absolute Gasteiger partial charge is 0.157 e. The quantitative estimate of drug-likeness (QED) is 0.721. The van der Waals surface area contributed by atoms with E-state index in [0.29, 0.717) is 19.3 Å². The molecule has 0 aliphatic carbocycles. The SMILES string of the molecule is CCC(N)(C(=O)CCc1cccc2ccccc12)c1ccccc1. The molecule has 1 unspecified atom stereocenters. The topological polar surface area (TPSA) is 43.1 Å². The summed E-state index contributed by atoms with van der Waals surface area (Å²) in [7, 11) is 0. The molecule has 0 spiro atoms. The number of nitrogens with two attached hydrogens (primary N) is 1. The van der Waals surface area contributed by atoms with Crippen molar-refractivity contribution >= 4 is 16.6 Å². The Hall–Kier alpha value is -2.45. The minimum absolute atomic E-state index is 0.101. The summed E-state index contributed by atoms with van der Waals surface area (Å²) >= 11 is 0. The molecule has 2 nitrogen and oxygen atoms in total. The van der Waals surface area contributed by atoms with Gasteiger partial charge >= 0.3 is 0 Å². The number of carbonyl (C=O) groups excluding carboxylic acids is 1. The standard InChI is InChI=1S/C22H23NO/c1-2-22(23,19-12-4-3-5-13-19)21(24)16-15-18-11-8-10-17-9-6-7-14-20(17)18/h3-14H,2,15-16,23H2,1H3. The first kappa shape index (κ1) is 16.4. The molecule has 3 rings (SSSR count). The van der Waals surface area contributed by atoms with E-state index in [4.69, 9.17) is 5.73 Å². The number of hydrogen-bond donors (Lipinski definition) is 1. The lowest BCUT2D eigenvalue weighted by molar-refractivity contribution is -0.124. The highest BCUT2D eigenvalue weighted by Gasteiger charge is 2.33. The largest absolute Gasteiger partial charge is 0.315 e. The van der Waals surface area contributed by atoms with Crippen molar-refractivity contribution < 1.29 is 4.79 Å². The molecule has 3 aromatic carbocycles. The van der Waals surface area contributed by atoms with E-state index in [1.807, 2.05) is 49.4 Å². The molecular weight excluding hydrogens is 294 g/mol. The first-order valence-corrected chi connectivity index (χ1v) is 8.49. The predicted molar refractivity (Wildman–Crippen MR) is 99.9 cm³/mol. The van der Waals surface area contributed by atoms with E-state index in [1.165, 1.54) is 16.3 Å². The molecule has 0 bridgehead atoms. The number of benzene rings is 3. The molecule has 122 valence electrons. The van der Waals surface area contributed by atoms with Crippen molar-refractivity contribution in [2.45, 2.75) is 31.7 Å². The van der Waals surface area contributed by atoms with Crippen molar-refractivity contribution in [2.75, 3.05) is 0 Å². The first-order chi connectivity index (χ1) is 11.6. The second-order valence-corrected chi connectivity index (χ2v) is 6.25. The maximum absolute atomic E-state index is 12.9. The summed E-state index contributed by atoms with van der Waals surface area (Å²) < 4.78 is 0. The van der Waals surface area contributed by atoms with Crippen molar-refractivity contribution in [3.8, 4) is 0 Å². The summed E-state index contributed by atoms with van der Waals surface area (Å²) in [6.45, 7) is 1.98. The summed E-state index contributed by atoms with van der Waals surface area (Å²) in [5.41, 5.74) is 7.69. The Balaban J connectivity index is 1.81. The molecule has 2 heteroatoms. The van der Waals surface area contributed by atoms with Gasteiger partial charge in [-0.15, -0.1) is 0 Å². The van der Waals surface area contributed by atoms with Gasteiger partial charge in [-0.3, -0.25) is 4.79 Å². The van der Waals surface area contributed by atoms with Crippen LogP contribution in [0, 0.1) is 0 Å². The van der Waals surface area contributed by atoms with Crippen LogP contribution >= 0.6 is 0 Å². The molecule has 3 aromatic rings. The van der Waals surface area contributed by atoms with Crippen molar-refractivity contribution in [2.24, 2.45) is 5.73 Å². The zero-order valence-corrected chi connectivity index (χ0v) is 14.0. The van der Waals surface area contributed by atoms with Crippen LogP contribution in [0.3, 0.4) is 0 Å². The monoisotopic (exact) mass is 317 g/mol. The van der Waals surface area contributed by atoms with E-state index in [9.17, 15) is 4.79 Å². The third-order valence-corrected chi connectivity index (χ3v) is 4.85. The van der Waals surface area contributed by atoms with Crippen LogP contribution in [-0.2, 0) is 16.8 Å². The molecule has 0 aliphatic heterocycles. The van der Waals surface area contributed by atoms with E-state index in [-0.39, 0.29) is 5.78 Å². The van der Waals surface area contributed by atoms with E-state index in [1.54, 1.807) is 0 Å². The van der Waals surface area contributed by atoms with Gasteiger partial charge in [0, 0.05) is 6.42 Å². The fourth-order valence-corrected chi connectivity index (χ4v) is 3.28. The third-order valence-electron chi connectivity index (χ3n) is 4.85. The van der Waals surface area contributed by atoms with Gasteiger partial charge in [0.05, 0.1) is 0 Å². The van der Waals surface area contributed by atoms with Crippen LogP contribution in [0.2, 0.25) is 0 Å². The number of ketones is 1. The molecule has 0 amide bonds.